The molecule has 1 heterocycles. The summed E-state index contributed by atoms with van der Waals surface area (Å²) in [5.41, 5.74) is 0.124. The van der Waals surface area contributed by atoms with Crippen LogP contribution in [-0.2, 0) is 0 Å². The van der Waals surface area contributed by atoms with Gasteiger partial charge in [0.1, 0.15) is 6.17 Å². The minimum Gasteiger partial charge on any atom is -0.317 e. The predicted octanol–water partition coefficient (Wildman–Crippen LogP) is 3.15. The van der Waals surface area contributed by atoms with Crippen molar-refractivity contribution in [3.05, 3.63) is 0 Å². The van der Waals surface area contributed by atoms with Crippen LogP contribution in [0.1, 0.15) is 46.5 Å². The van der Waals surface area contributed by atoms with Crippen LogP contribution in [0.25, 0.3) is 0 Å². The maximum atomic E-state index is 13.9. The maximum absolute atomic E-state index is 13.9. The van der Waals surface area contributed by atoms with E-state index in [-0.39, 0.29) is 5.41 Å². The second-order valence-corrected chi connectivity index (χ2v) is 5.72. The smallest absolute Gasteiger partial charge is 0.103 e. The van der Waals surface area contributed by atoms with Crippen molar-refractivity contribution in [2.75, 3.05) is 13.1 Å². The lowest BCUT2D eigenvalue weighted by Gasteiger charge is -2.26. The molecule has 0 spiro atoms. The highest BCUT2D eigenvalue weighted by Gasteiger charge is 2.26. The summed E-state index contributed by atoms with van der Waals surface area (Å²) in [6, 6.07) is 0. The molecule has 2 heteroatoms. The van der Waals surface area contributed by atoms with Crippen molar-refractivity contribution in [2.45, 2.75) is 52.6 Å². The third kappa shape index (κ3) is 4.41. The van der Waals surface area contributed by atoms with Crippen LogP contribution in [-0.4, -0.2) is 19.3 Å². The van der Waals surface area contributed by atoms with Gasteiger partial charge in [-0.2, -0.15) is 0 Å². The van der Waals surface area contributed by atoms with Crippen LogP contribution in [0.4, 0.5) is 4.39 Å². The summed E-state index contributed by atoms with van der Waals surface area (Å²) in [6.45, 7) is 8.42. The molecule has 2 unspecified atom stereocenters. The minimum atomic E-state index is -0.602. The van der Waals surface area contributed by atoms with E-state index in [1.807, 2.05) is 0 Å². The van der Waals surface area contributed by atoms with Crippen molar-refractivity contribution < 1.29 is 4.39 Å². The second-order valence-electron chi connectivity index (χ2n) is 5.72. The van der Waals surface area contributed by atoms with Crippen molar-refractivity contribution in [3.63, 3.8) is 0 Å². The van der Waals surface area contributed by atoms with Gasteiger partial charge in [0, 0.05) is 0 Å². The Bertz CT molecular complexity index is 154. The summed E-state index contributed by atoms with van der Waals surface area (Å²) in [4.78, 5) is 0. The number of hydrogen-bond acceptors (Lipinski definition) is 1. The Morgan fingerprint density at radius 3 is 2.64 bits per heavy atom. The van der Waals surface area contributed by atoms with E-state index in [1.165, 1.54) is 0 Å². The first-order valence-electron chi connectivity index (χ1n) is 5.84. The van der Waals surface area contributed by atoms with E-state index < -0.39 is 6.17 Å². The fourth-order valence-electron chi connectivity index (χ4n) is 2.16. The van der Waals surface area contributed by atoms with E-state index in [1.54, 1.807) is 0 Å². The van der Waals surface area contributed by atoms with E-state index in [0.29, 0.717) is 12.3 Å². The third-order valence-electron chi connectivity index (χ3n) is 2.94. The highest BCUT2D eigenvalue weighted by Crippen LogP contribution is 2.30. The van der Waals surface area contributed by atoms with Crippen LogP contribution < -0.4 is 5.32 Å². The molecule has 0 aromatic heterocycles. The predicted molar refractivity (Wildman–Crippen MR) is 59.2 cm³/mol. The van der Waals surface area contributed by atoms with Crippen LogP contribution >= 0.6 is 0 Å². The Hall–Kier alpha value is -0.110. The molecule has 1 nitrogen and oxygen atoms in total. The molecule has 0 aromatic carbocycles. The summed E-state index contributed by atoms with van der Waals surface area (Å²) in [5.74, 6) is 0.296. The summed E-state index contributed by atoms with van der Waals surface area (Å²) in [5, 5.41) is 3.33. The standard InChI is InChI=1S/C12H24FN/c1-12(2,3)9-11(13)10-5-4-7-14-8-6-10/h10-11,14H,4-9H2,1-3H3. The first kappa shape index (κ1) is 12.0. The van der Waals surface area contributed by atoms with Gasteiger partial charge in [-0.05, 0) is 50.1 Å². The molecule has 1 aliphatic rings. The van der Waals surface area contributed by atoms with Gasteiger partial charge in [0.25, 0.3) is 0 Å². The monoisotopic (exact) mass is 201 g/mol. The zero-order valence-electron chi connectivity index (χ0n) is 9.78. The minimum absolute atomic E-state index is 0.124. The normalized spacial score (nSPS) is 27.0. The van der Waals surface area contributed by atoms with Crippen LogP contribution in [0.15, 0.2) is 0 Å². The van der Waals surface area contributed by atoms with Gasteiger partial charge in [-0.25, -0.2) is 4.39 Å². The molecule has 0 saturated carbocycles. The summed E-state index contributed by atoms with van der Waals surface area (Å²) < 4.78 is 13.9. The van der Waals surface area contributed by atoms with Crippen molar-refractivity contribution >= 4 is 0 Å². The molecule has 1 N–H and O–H groups in total. The molecule has 1 rings (SSSR count). The van der Waals surface area contributed by atoms with Gasteiger partial charge < -0.3 is 5.32 Å². The lowest BCUT2D eigenvalue weighted by atomic mass is 9.83. The van der Waals surface area contributed by atoms with Crippen LogP contribution in [0.3, 0.4) is 0 Å². The summed E-state index contributed by atoms with van der Waals surface area (Å²) in [6.07, 6.45) is 3.31. The number of hydrogen-bond donors (Lipinski definition) is 1. The molecule has 0 bridgehead atoms. The Kier molecular flexibility index (Phi) is 4.36. The fraction of sp³-hybridized carbons (Fsp3) is 1.00. The first-order valence-corrected chi connectivity index (χ1v) is 5.84. The quantitative estimate of drug-likeness (QED) is 0.723. The molecular weight excluding hydrogens is 177 g/mol. The Balaban J connectivity index is 2.37. The molecule has 1 saturated heterocycles. The largest absolute Gasteiger partial charge is 0.317 e. The van der Waals surface area contributed by atoms with E-state index in [2.05, 4.69) is 26.1 Å². The Morgan fingerprint density at radius 1 is 1.29 bits per heavy atom. The zero-order chi connectivity index (χ0) is 10.6. The van der Waals surface area contributed by atoms with Crippen LogP contribution in [0, 0.1) is 11.3 Å². The molecule has 0 amide bonds. The molecule has 1 aliphatic heterocycles. The van der Waals surface area contributed by atoms with Gasteiger partial charge >= 0.3 is 0 Å². The van der Waals surface area contributed by atoms with Gasteiger partial charge in [0.2, 0.25) is 0 Å². The Labute approximate surface area is 87.5 Å². The van der Waals surface area contributed by atoms with Crippen LogP contribution in [0.5, 0.6) is 0 Å². The average molecular weight is 201 g/mol. The highest BCUT2D eigenvalue weighted by molar-refractivity contribution is 4.78. The lowest BCUT2D eigenvalue weighted by Crippen LogP contribution is -2.23. The molecule has 84 valence electrons. The molecule has 1 fully saturated rings. The van der Waals surface area contributed by atoms with Gasteiger partial charge in [-0.1, -0.05) is 20.8 Å². The van der Waals surface area contributed by atoms with E-state index in [9.17, 15) is 4.39 Å². The summed E-state index contributed by atoms with van der Waals surface area (Å²) in [7, 11) is 0. The van der Waals surface area contributed by atoms with E-state index in [4.69, 9.17) is 0 Å². The SMILES string of the molecule is CC(C)(C)CC(F)C1CCCNCC1. The number of nitrogens with one attached hydrogen (secondary N) is 1. The van der Waals surface area contributed by atoms with Crippen molar-refractivity contribution in [2.24, 2.45) is 11.3 Å². The first-order chi connectivity index (χ1) is 6.49. The highest BCUT2D eigenvalue weighted by atomic mass is 19.1. The number of halogens is 1. The van der Waals surface area contributed by atoms with Crippen molar-refractivity contribution in [1.29, 1.82) is 0 Å². The fourth-order valence-corrected chi connectivity index (χ4v) is 2.16. The van der Waals surface area contributed by atoms with Crippen molar-refractivity contribution in [1.82, 2.24) is 5.32 Å². The summed E-state index contributed by atoms with van der Waals surface area (Å²) >= 11 is 0. The van der Waals surface area contributed by atoms with Gasteiger partial charge in [-0.15, -0.1) is 0 Å². The average Bonchev–Trinajstić information content (AvgIpc) is 2.27. The molecule has 0 aliphatic carbocycles. The number of alkyl halides is 1. The van der Waals surface area contributed by atoms with E-state index in [0.717, 1.165) is 32.4 Å². The molecule has 0 radical (unpaired) electrons. The molecule has 0 aromatic rings. The molecule has 14 heavy (non-hydrogen) atoms. The number of rotatable bonds is 2. The van der Waals surface area contributed by atoms with Gasteiger partial charge in [0.05, 0.1) is 0 Å². The topological polar surface area (TPSA) is 12.0 Å². The van der Waals surface area contributed by atoms with Crippen LogP contribution in [0.2, 0.25) is 0 Å². The Morgan fingerprint density at radius 2 is 2.00 bits per heavy atom. The second kappa shape index (κ2) is 5.11. The van der Waals surface area contributed by atoms with E-state index >= 15 is 0 Å². The molecular formula is C12H24FN. The third-order valence-corrected chi connectivity index (χ3v) is 2.94. The zero-order valence-corrected chi connectivity index (χ0v) is 9.78. The van der Waals surface area contributed by atoms with Crippen molar-refractivity contribution in [3.8, 4) is 0 Å². The lowest BCUT2D eigenvalue weighted by molar-refractivity contribution is 0.148. The van der Waals surface area contributed by atoms with Gasteiger partial charge in [0.15, 0.2) is 0 Å². The van der Waals surface area contributed by atoms with Gasteiger partial charge in [-0.3, -0.25) is 0 Å². The molecule has 2 atom stereocenters. The maximum Gasteiger partial charge on any atom is 0.103 e.